The SMILES string of the molecule is COc1cc(C(=O)NCCN)cc(OC)c1OC(F)F.Cl. The molecule has 6 nitrogen and oxygen atoms in total. The van der Waals surface area contributed by atoms with E-state index in [4.69, 9.17) is 15.2 Å². The van der Waals surface area contributed by atoms with Gasteiger partial charge in [-0.15, -0.1) is 12.4 Å². The van der Waals surface area contributed by atoms with Crippen LogP contribution in [0, 0.1) is 0 Å². The minimum Gasteiger partial charge on any atom is -0.493 e. The van der Waals surface area contributed by atoms with Crippen LogP contribution in [0.15, 0.2) is 12.1 Å². The Morgan fingerprint density at radius 1 is 1.29 bits per heavy atom. The summed E-state index contributed by atoms with van der Waals surface area (Å²) < 4.78 is 38.9. The second-order valence-electron chi connectivity index (χ2n) is 3.63. The van der Waals surface area contributed by atoms with Crippen molar-refractivity contribution < 1.29 is 27.8 Å². The van der Waals surface area contributed by atoms with Crippen molar-refractivity contribution in [3.05, 3.63) is 17.7 Å². The van der Waals surface area contributed by atoms with Gasteiger partial charge in [-0.25, -0.2) is 0 Å². The highest BCUT2D eigenvalue weighted by Crippen LogP contribution is 2.39. The number of carbonyl (C=O) groups is 1. The maximum absolute atomic E-state index is 12.4. The molecule has 9 heteroatoms. The van der Waals surface area contributed by atoms with Crippen molar-refractivity contribution in [3.8, 4) is 17.2 Å². The Morgan fingerprint density at radius 2 is 1.81 bits per heavy atom. The summed E-state index contributed by atoms with van der Waals surface area (Å²) >= 11 is 0. The smallest absolute Gasteiger partial charge is 0.387 e. The maximum Gasteiger partial charge on any atom is 0.387 e. The van der Waals surface area contributed by atoms with E-state index < -0.39 is 12.5 Å². The molecule has 0 aromatic heterocycles. The molecule has 120 valence electrons. The molecule has 0 aliphatic heterocycles. The monoisotopic (exact) mass is 326 g/mol. The van der Waals surface area contributed by atoms with Gasteiger partial charge in [0.15, 0.2) is 11.5 Å². The van der Waals surface area contributed by atoms with E-state index in [1.54, 1.807) is 0 Å². The van der Waals surface area contributed by atoms with E-state index in [1.165, 1.54) is 26.4 Å². The number of hydrogen-bond acceptors (Lipinski definition) is 5. The lowest BCUT2D eigenvalue weighted by Crippen LogP contribution is -2.29. The third kappa shape index (κ3) is 5.24. The van der Waals surface area contributed by atoms with Gasteiger partial charge in [0.05, 0.1) is 14.2 Å². The molecule has 1 rings (SSSR count). The molecule has 0 aliphatic rings. The fraction of sp³-hybridized carbons (Fsp3) is 0.417. The van der Waals surface area contributed by atoms with Crippen LogP contribution in [0.1, 0.15) is 10.4 Å². The third-order valence-corrected chi connectivity index (χ3v) is 2.36. The summed E-state index contributed by atoms with van der Waals surface area (Å²) in [7, 11) is 2.54. The molecule has 0 atom stereocenters. The van der Waals surface area contributed by atoms with Crippen LogP contribution in [0.5, 0.6) is 17.2 Å². The Bertz CT molecular complexity index is 450. The highest BCUT2D eigenvalue weighted by atomic mass is 35.5. The first kappa shape index (κ1) is 19.2. The van der Waals surface area contributed by atoms with Gasteiger partial charge >= 0.3 is 6.61 Å². The first-order chi connectivity index (χ1) is 9.53. The summed E-state index contributed by atoms with van der Waals surface area (Å²) in [6.45, 7) is -2.46. The minimum absolute atomic E-state index is 0. The average Bonchev–Trinajstić information content (AvgIpc) is 2.44. The van der Waals surface area contributed by atoms with Crippen molar-refractivity contribution in [2.45, 2.75) is 6.61 Å². The van der Waals surface area contributed by atoms with Gasteiger partial charge < -0.3 is 25.3 Å². The van der Waals surface area contributed by atoms with Gasteiger partial charge in [0, 0.05) is 18.7 Å². The molecule has 0 unspecified atom stereocenters. The standard InChI is InChI=1S/C12H16F2N2O4.ClH/c1-18-8-5-7(11(17)16-4-3-15)6-9(19-2)10(8)20-12(13)14;/h5-6,12H,3-4,15H2,1-2H3,(H,16,17);1H. The highest BCUT2D eigenvalue weighted by Gasteiger charge is 2.20. The summed E-state index contributed by atoms with van der Waals surface area (Å²) in [6.07, 6.45) is 0. The number of nitrogens with one attached hydrogen (secondary N) is 1. The lowest BCUT2D eigenvalue weighted by atomic mass is 10.1. The summed E-state index contributed by atoms with van der Waals surface area (Å²) in [6, 6.07) is 2.57. The van der Waals surface area contributed by atoms with E-state index in [0.29, 0.717) is 6.54 Å². The highest BCUT2D eigenvalue weighted by molar-refractivity contribution is 5.95. The fourth-order valence-electron chi connectivity index (χ4n) is 1.50. The van der Waals surface area contributed by atoms with Crippen LogP contribution in [0.2, 0.25) is 0 Å². The number of halogens is 3. The van der Waals surface area contributed by atoms with Gasteiger partial charge in [-0.1, -0.05) is 0 Å². The Hall–Kier alpha value is -1.80. The second kappa shape index (κ2) is 9.19. The molecule has 0 radical (unpaired) electrons. The molecule has 0 saturated heterocycles. The first-order valence-electron chi connectivity index (χ1n) is 5.72. The van der Waals surface area contributed by atoms with Crippen LogP contribution in [0.4, 0.5) is 8.78 Å². The molecule has 21 heavy (non-hydrogen) atoms. The summed E-state index contributed by atoms with van der Waals surface area (Å²) in [5.74, 6) is -0.735. The van der Waals surface area contributed by atoms with Gasteiger partial charge in [-0.05, 0) is 12.1 Å². The molecule has 0 bridgehead atoms. The number of amides is 1. The summed E-state index contributed by atoms with van der Waals surface area (Å²) in [5, 5.41) is 2.55. The van der Waals surface area contributed by atoms with Crippen molar-refractivity contribution >= 4 is 18.3 Å². The number of rotatable bonds is 7. The molecule has 0 fully saturated rings. The van der Waals surface area contributed by atoms with Gasteiger partial charge in [-0.2, -0.15) is 8.78 Å². The van der Waals surface area contributed by atoms with Gasteiger partial charge in [-0.3, -0.25) is 4.79 Å². The lowest BCUT2D eigenvalue weighted by Gasteiger charge is -2.15. The van der Waals surface area contributed by atoms with Crippen molar-refractivity contribution in [1.29, 1.82) is 0 Å². The number of nitrogens with two attached hydrogens (primary N) is 1. The normalized spacial score (nSPS) is 9.81. The van der Waals surface area contributed by atoms with Crippen LogP contribution in [-0.4, -0.2) is 39.8 Å². The van der Waals surface area contributed by atoms with Crippen molar-refractivity contribution in [3.63, 3.8) is 0 Å². The number of ether oxygens (including phenoxy) is 3. The van der Waals surface area contributed by atoms with Crippen LogP contribution < -0.4 is 25.3 Å². The van der Waals surface area contributed by atoms with Crippen LogP contribution in [-0.2, 0) is 0 Å². The molecule has 1 aromatic rings. The zero-order valence-electron chi connectivity index (χ0n) is 11.5. The Labute approximate surface area is 126 Å². The Balaban J connectivity index is 0.00000400. The predicted octanol–water partition coefficient (Wildman–Crippen LogP) is 1.42. The zero-order chi connectivity index (χ0) is 15.1. The second-order valence-corrected chi connectivity index (χ2v) is 3.63. The van der Waals surface area contributed by atoms with Crippen molar-refractivity contribution in [2.24, 2.45) is 5.73 Å². The molecule has 0 aliphatic carbocycles. The minimum atomic E-state index is -3.03. The van der Waals surface area contributed by atoms with Gasteiger partial charge in [0.2, 0.25) is 5.75 Å². The third-order valence-electron chi connectivity index (χ3n) is 2.36. The number of methoxy groups -OCH3 is 2. The van der Waals surface area contributed by atoms with E-state index in [1.807, 2.05) is 0 Å². The lowest BCUT2D eigenvalue weighted by molar-refractivity contribution is -0.0526. The summed E-state index contributed by atoms with van der Waals surface area (Å²) in [5.41, 5.74) is 5.47. The Morgan fingerprint density at radius 3 is 2.19 bits per heavy atom. The largest absolute Gasteiger partial charge is 0.493 e. The van der Waals surface area contributed by atoms with Crippen LogP contribution in [0.3, 0.4) is 0 Å². The maximum atomic E-state index is 12.4. The zero-order valence-corrected chi connectivity index (χ0v) is 12.3. The quantitative estimate of drug-likeness (QED) is 0.791. The average molecular weight is 327 g/mol. The molecule has 3 N–H and O–H groups in total. The topological polar surface area (TPSA) is 82.8 Å². The van der Waals surface area contributed by atoms with Gasteiger partial charge in [0.25, 0.3) is 5.91 Å². The fourth-order valence-corrected chi connectivity index (χ4v) is 1.50. The number of carbonyl (C=O) groups excluding carboxylic acids is 1. The van der Waals surface area contributed by atoms with Gasteiger partial charge in [0.1, 0.15) is 0 Å². The van der Waals surface area contributed by atoms with E-state index in [0.717, 1.165) is 0 Å². The number of hydrogen-bond donors (Lipinski definition) is 2. The molecular weight excluding hydrogens is 310 g/mol. The van der Waals surface area contributed by atoms with Crippen molar-refractivity contribution in [1.82, 2.24) is 5.32 Å². The van der Waals surface area contributed by atoms with E-state index in [9.17, 15) is 13.6 Å². The van der Waals surface area contributed by atoms with Crippen LogP contribution in [0.25, 0.3) is 0 Å². The predicted molar refractivity (Wildman–Crippen MR) is 74.8 cm³/mol. The molecule has 0 saturated carbocycles. The van der Waals surface area contributed by atoms with E-state index in [2.05, 4.69) is 10.1 Å². The number of benzene rings is 1. The molecule has 0 heterocycles. The first-order valence-corrected chi connectivity index (χ1v) is 5.72. The Kier molecular flexibility index (Phi) is 8.41. The van der Waals surface area contributed by atoms with E-state index >= 15 is 0 Å². The van der Waals surface area contributed by atoms with Crippen LogP contribution >= 0.6 is 12.4 Å². The number of alkyl halides is 2. The summed E-state index contributed by atoms with van der Waals surface area (Å²) in [4.78, 5) is 11.8. The molecule has 1 aromatic carbocycles. The van der Waals surface area contributed by atoms with Crippen molar-refractivity contribution in [2.75, 3.05) is 27.3 Å². The molecule has 1 amide bonds. The molecular formula is C12H17ClF2N2O4. The van der Waals surface area contributed by atoms with E-state index in [-0.39, 0.29) is 41.8 Å². The molecule has 0 spiro atoms.